The predicted molar refractivity (Wildman–Crippen MR) is 103 cm³/mol. The summed E-state index contributed by atoms with van der Waals surface area (Å²) in [6, 6.07) is 0.256. The maximum absolute atomic E-state index is 12.9. The van der Waals surface area contributed by atoms with Gasteiger partial charge >= 0.3 is 0 Å². The normalized spacial score (nSPS) is 30.0. The van der Waals surface area contributed by atoms with Crippen LogP contribution in [0.3, 0.4) is 0 Å². The van der Waals surface area contributed by atoms with Crippen LogP contribution in [-0.2, 0) is 4.74 Å². The van der Waals surface area contributed by atoms with E-state index < -0.39 is 0 Å². The minimum absolute atomic E-state index is 0.0682. The fourth-order valence-electron chi connectivity index (χ4n) is 4.70. The second kappa shape index (κ2) is 6.62. The van der Waals surface area contributed by atoms with Crippen molar-refractivity contribution in [2.75, 3.05) is 6.61 Å². The molecule has 0 amide bonds. The van der Waals surface area contributed by atoms with Crippen molar-refractivity contribution in [3.8, 4) is 0 Å². The molecule has 1 N–H and O–H groups in total. The first-order valence-electron chi connectivity index (χ1n) is 9.65. The molecule has 4 rings (SSSR count). The molecule has 6 heteroatoms. The second-order valence-electron chi connectivity index (χ2n) is 8.37. The highest BCUT2D eigenvalue weighted by Crippen LogP contribution is 2.49. The van der Waals surface area contributed by atoms with Gasteiger partial charge < -0.3 is 4.74 Å². The number of ether oxygens (including phenoxy) is 1. The number of hydrogen-bond donors (Lipinski definition) is 1. The SMILES string of the molecule is CC1=Nc2c(c(=O)[nH]n2[C@@H]2CCOC(C)(C)C2)[C@H](C2CCCCC2)S1. The Morgan fingerprint density at radius 1 is 1.24 bits per heavy atom. The topological polar surface area (TPSA) is 59.4 Å². The summed E-state index contributed by atoms with van der Waals surface area (Å²) in [5.74, 6) is 1.49. The Morgan fingerprint density at radius 3 is 2.72 bits per heavy atom. The number of hydrogen-bond acceptors (Lipinski definition) is 4. The molecule has 1 aliphatic carbocycles. The van der Waals surface area contributed by atoms with Crippen LogP contribution in [0.15, 0.2) is 9.79 Å². The lowest BCUT2D eigenvalue weighted by Crippen LogP contribution is -2.35. The molecule has 25 heavy (non-hydrogen) atoms. The molecule has 1 saturated carbocycles. The molecule has 0 unspecified atom stereocenters. The molecule has 3 heterocycles. The van der Waals surface area contributed by atoms with E-state index >= 15 is 0 Å². The second-order valence-corrected chi connectivity index (χ2v) is 9.70. The summed E-state index contributed by atoms with van der Waals surface area (Å²) < 4.78 is 7.92. The van der Waals surface area contributed by atoms with Gasteiger partial charge in [-0.1, -0.05) is 19.3 Å². The number of nitrogens with one attached hydrogen (secondary N) is 1. The number of aromatic nitrogens is 2. The van der Waals surface area contributed by atoms with Crippen molar-refractivity contribution in [1.82, 2.24) is 9.78 Å². The predicted octanol–water partition coefficient (Wildman–Crippen LogP) is 4.72. The number of aliphatic imine (C=N–C) groups is 1. The molecule has 138 valence electrons. The summed E-state index contributed by atoms with van der Waals surface area (Å²) >= 11 is 1.80. The molecule has 5 nitrogen and oxygen atoms in total. The molecule has 0 radical (unpaired) electrons. The molecule has 1 saturated heterocycles. The zero-order valence-electron chi connectivity index (χ0n) is 15.5. The van der Waals surface area contributed by atoms with Crippen LogP contribution in [0, 0.1) is 5.92 Å². The van der Waals surface area contributed by atoms with Crippen LogP contribution < -0.4 is 5.56 Å². The third kappa shape index (κ3) is 3.35. The minimum Gasteiger partial charge on any atom is -0.375 e. The fraction of sp³-hybridized carbons (Fsp3) is 0.789. The number of aromatic amines is 1. The Morgan fingerprint density at radius 2 is 2.00 bits per heavy atom. The van der Waals surface area contributed by atoms with Crippen molar-refractivity contribution in [3.63, 3.8) is 0 Å². The smallest absolute Gasteiger partial charge is 0.270 e. The van der Waals surface area contributed by atoms with E-state index in [1.807, 2.05) is 0 Å². The van der Waals surface area contributed by atoms with Gasteiger partial charge in [-0.2, -0.15) is 0 Å². The van der Waals surface area contributed by atoms with Gasteiger partial charge in [0.25, 0.3) is 5.56 Å². The van der Waals surface area contributed by atoms with Crippen molar-refractivity contribution >= 4 is 22.6 Å². The Bertz CT molecular complexity index is 728. The molecule has 0 aromatic carbocycles. The average Bonchev–Trinajstić information content (AvgIpc) is 2.91. The van der Waals surface area contributed by atoms with Crippen molar-refractivity contribution in [2.24, 2.45) is 10.9 Å². The molecule has 2 aliphatic heterocycles. The first-order chi connectivity index (χ1) is 11.9. The maximum Gasteiger partial charge on any atom is 0.270 e. The average molecular weight is 364 g/mol. The Labute approximate surface area is 153 Å². The summed E-state index contributed by atoms with van der Waals surface area (Å²) in [5.41, 5.74) is 0.840. The number of thioether (sulfide) groups is 1. The van der Waals surface area contributed by atoms with Crippen molar-refractivity contribution in [1.29, 1.82) is 0 Å². The minimum atomic E-state index is -0.151. The highest BCUT2D eigenvalue weighted by atomic mass is 32.2. The highest BCUT2D eigenvalue weighted by Gasteiger charge is 2.38. The summed E-state index contributed by atoms with van der Waals surface area (Å²) in [7, 11) is 0. The number of fused-ring (bicyclic) bond motifs is 1. The van der Waals surface area contributed by atoms with Gasteiger partial charge in [0.05, 0.1) is 22.3 Å². The molecule has 1 aromatic rings. The molecule has 2 fully saturated rings. The zero-order valence-corrected chi connectivity index (χ0v) is 16.3. The molecule has 1 aromatic heterocycles. The van der Waals surface area contributed by atoms with Crippen molar-refractivity contribution in [3.05, 3.63) is 15.9 Å². The molecule has 0 bridgehead atoms. The van der Waals surface area contributed by atoms with E-state index in [9.17, 15) is 4.79 Å². The molecule has 2 atom stereocenters. The lowest BCUT2D eigenvalue weighted by molar-refractivity contribution is -0.0705. The molecule has 3 aliphatic rings. The summed E-state index contributed by atoms with van der Waals surface area (Å²) in [4.78, 5) is 17.7. The highest BCUT2D eigenvalue weighted by molar-refractivity contribution is 8.14. The Kier molecular flexibility index (Phi) is 4.61. The van der Waals surface area contributed by atoms with E-state index in [4.69, 9.17) is 9.73 Å². The summed E-state index contributed by atoms with van der Waals surface area (Å²) in [5, 5.41) is 4.49. The van der Waals surface area contributed by atoms with Gasteiger partial charge in [-0.3, -0.25) is 14.6 Å². The third-order valence-electron chi connectivity index (χ3n) is 5.90. The van der Waals surface area contributed by atoms with E-state index in [1.165, 1.54) is 32.1 Å². The number of H-pyrrole nitrogens is 1. The Balaban J connectivity index is 1.72. The fourth-order valence-corrected chi connectivity index (χ4v) is 6.00. The van der Waals surface area contributed by atoms with E-state index in [1.54, 1.807) is 11.8 Å². The van der Waals surface area contributed by atoms with Crippen molar-refractivity contribution < 1.29 is 4.74 Å². The maximum atomic E-state index is 12.9. The van der Waals surface area contributed by atoms with E-state index in [0.717, 1.165) is 35.9 Å². The van der Waals surface area contributed by atoms with E-state index in [-0.39, 0.29) is 22.5 Å². The van der Waals surface area contributed by atoms with Crippen LogP contribution in [0.5, 0.6) is 0 Å². The lowest BCUT2D eigenvalue weighted by atomic mass is 9.84. The van der Waals surface area contributed by atoms with Gasteiger partial charge in [0, 0.05) is 11.9 Å². The zero-order chi connectivity index (χ0) is 17.6. The summed E-state index contributed by atoms with van der Waals surface area (Å²) in [6.07, 6.45) is 8.22. The van der Waals surface area contributed by atoms with Crippen LogP contribution >= 0.6 is 11.8 Å². The standard InChI is InChI=1S/C19H29N3O2S/c1-12-20-17-15(16(25-12)13-7-5-4-6-8-13)18(23)21-22(17)14-9-10-24-19(2,3)11-14/h13-14,16H,4-11H2,1-3H3,(H,21,23)/t14-,16+/m1/s1. The van der Waals surface area contributed by atoms with Gasteiger partial charge in [0.1, 0.15) is 0 Å². The van der Waals surface area contributed by atoms with Crippen LogP contribution in [0.2, 0.25) is 0 Å². The lowest BCUT2D eigenvalue weighted by Gasteiger charge is -2.36. The van der Waals surface area contributed by atoms with Crippen LogP contribution in [0.4, 0.5) is 5.82 Å². The monoisotopic (exact) mass is 363 g/mol. The molecular formula is C19H29N3O2S. The van der Waals surface area contributed by atoms with E-state index in [0.29, 0.717) is 5.92 Å². The van der Waals surface area contributed by atoms with Crippen LogP contribution in [-0.4, -0.2) is 27.0 Å². The molecular weight excluding hydrogens is 334 g/mol. The number of rotatable bonds is 2. The first kappa shape index (κ1) is 17.4. The van der Waals surface area contributed by atoms with E-state index in [2.05, 4.69) is 30.6 Å². The Hall–Kier alpha value is -1.01. The van der Waals surface area contributed by atoms with Crippen LogP contribution in [0.1, 0.15) is 82.6 Å². The molecule has 0 spiro atoms. The van der Waals surface area contributed by atoms with Gasteiger partial charge in [-0.05, 0) is 52.4 Å². The van der Waals surface area contributed by atoms with Crippen molar-refractivity contribution in [2.45, 2.75) is 82.6 Å². The third-order valence-corrected chi connectivity index (χ3v) is 7.20. The van der Waals surface area contributed by atoms with Gasteiger partial charge in [0.15, 0.2) is 5.82 Å². The van der Waals surface area contributed by atoms with Crippen LogP contribution in [0.25, 0.3) is 0 Å². The summed E-state index contributed by atoms with van der Waals surface area (Å²) in [6.45, 7) is 7.07. The van der Waals surface area contributed by atoms with Gasteiger partial charge in [-0.15, -0.1) is 11.8 Å². The van der Waals surface area contributed by atoms with Gasteiger partial charge in [0.2, 0.25) is 0 Å². The van der Waals surface area contributed by atoms with Gasteiger partial charge in [-0.25, -0.2) is 4.99 Å². The largest absolute Gasteiger partial charge is 0.375 e. The quantitative estimate of drug-likeness (QED) is 0.827. The first-order valence-corrected chi connectivity index (χ1v) is 10.5. The number of nitrogens with zero attached hydrogens (tertiary/aromatic N) is 2.